The number of para-hydroxylation sites is 4. The Labute approximate surface area is 267 Å². The molecule has 0 saturated heterocycles. The number of hydrogen-bond donors (Lipinski definition) is 0. The molecule has 0 saturated carbocycles. The molecule has 0 amide bonds. The first kappa shape index (κ1) is 26.4. The molecular weight excluding hydrogens is 558 g/mol. The van der Waals surface area contributed by atoms with Crippen LogP contribution in [0.3, 0.4) is 0 Å². The van der Waals surface area contributed by atoms with E-state index < -0.39 is 0 Å². The van der Waals surface area contributed by atoms with Crippen molar-refractivity contribution in [2.24, 2.45) is 0 Å². The van der Waals surface area contributed by atoms with Gasteiger partial charge in [-0.05, 0) is 91.9 Å². The highest BCUT2D eigenvalue weighted by Crippen LogP contribution is 2.38. The molecule has 46 heavy (non-hydrogen) atoms. The molecule has 0 radical (unpaired) electrons. The van der Waals surface area contributed by atoms with Crippen LogP contribution in [-0.4, -0.2) is 9.13 Å². The largest absolute Gasteiger partial charge is 0.311 e. The van der Waals surface area contributed by atoms with Crippen LogP contribution in [0.25, 0.3) is 55.0 Å². The Bertz CT molecular complexity index is 2250. The van der Waals surface area contributed by atoms with Gasteiger partial charge in [-0.3, -0.25) is 0 Å². The molecule has 3 heteroatoms. The lowest BCUT2D eigenvalue weighted by Crippen LogP contribution is -2.10. The topological polar surface area (TPSA) is 13.1 Å². The van der Waals surface area contributed by atoms with Gasteiger partial charge in [0.25, 0.3) is 0 Å². The second-order valence-electron chi connectivity index (χ2n) is 11.9. The van der Waals surface area contributed by atoms with Gasteiger partial charge >= 0.3 is 0 Å². The quantitative estimate of drug-likeness (QED) is 0.195. The molecular formula is C43H31N3. The summed E-state index contributed by atoms with van der Waals surface area (Å²) in [5.74, 6) is 0. The molecule has 2 heterocycles. The van der Waals surface area contributed by atoms with Gasteiger partial charge in [0.05, 0.1) is 22.1 Å². The summed E-state index contributed by atoms with van der Waals surface area (Å²) in [5, 5.41) is 5.08. The highest BCUT2D eigenvalue weighted by atomic mass is 15.1. The van der Waals surface area contributed by atoms with Crippen LogP contribution in [0.1, 0.15) is 5.56 Å². The summed E-state index contributed by atoms with van der Waals surface area (Å²) in [6.07, 6.45) is 0. The number of hydrogen-bond acceptors (Lipinski definition) is 1. The van der Waals surface area contributed by atoms with E-state index in [1.54, 1.807) is 0 Å². The van der Waals surface area contributed by atoms with Crippen molar-refractivity contribution in [3.8, 4) is 11.4 Å². The molecule has 0 spiro atoms. The first-order valence-electron chi connectivity index (χ1n) is 15.8. The average molecular weight is 590 g/mol. The summed E-state index contributed by atoms with van der Waals surface area (Å²) in [5.41, 5.74) is 11.7. The number of aromatic nitrogens is 2. The SMILES string of the molecule is Cc1ccc(N(c2ccc(-n3c4ccccc4c4ccccc43)cc2)c2ccc(-n3c4ccccc4c4ccccc43)cc2)cc1. The van der Waals surface area contributed by atoms with E-state index in [2.05, 4.69) is 191 Å². The minimum atomic E-state index is 1.11. The highest BCUT2D eigenvalue weighted by Gasteiger charge is 2.16. The number of rotatable bonds is 5. The molecule has 0 aliphatic heterocycles. The van der Waals surface area contributed by atoms with E-state index in [4.69, 9.17) is 0 Å². The van der Waals surface area contributed by atoms with E-state index in [0.717, 1.165) is 28.4 Å². The van der Waals surface area contributed by atoms with Gasteiger partial charge in [-0.2, -0.15) is 0 Å². The number of fused-ring (bicyclic) bond motifs is 6. The van der Waals surface area contributed by atoms with Gasteiger partial charge in [0, 0.05) is 50.0 Å². The summed E-state index contributed by atoms with van der Waals surface area (Å²) in [6, 6.07) is 61.3. The third kappa shape index (κ3) is 4.13. The minimum absolute atomic E-state index is 1.11. The van der Waals surface area contributed by atoms with E-state index in [0.29, 0.717) is 0 Å². The van der Waals surface area contributed by atoms with Crippen molar-refractivity contribution >= 4 is 60.7 Å². The van der Waals surface area contributed by atoms with Gasteiger partial charge < -0.3 is 14.0 Å². The van der Waals surface area contributed by atoms with Gasteiger partial charge in [-0.15, -0.1) is 0 Å². The fourth-order valence-corrected chi connectivity index (χ4v) is 7.04. The smallest absolute Gasteiger partial charge is 0.0541 e. The Morgan fingerprint density at radius 1 is 0.326 bits per heavy atom. The lowest BCUT2D eigenvalue weighted by atomic mass is 10.1. The summed E-state index contributed by atoms with van der Waals surface area (Å²) in [7, 11) is 0. The van der Waals surface area contributed by atoms with Crippen LogP contribution >= 0.6 is 0 Å². The number of benzene rings is 7. The Hall–Kier alpha value is -6.06. The maximum absolute atomic E-state index is 2.37. The van der Waals surface area contributed by atoms with Crippen molar-refractivity contribution in [2.45, 2.75) is 6.92 Å². The Kier molecular flexibility index (Phi) is 6.04. The number of anilines is 3. The van der Waals surface area contributed by atoms with Crippen molar-refractivity contribution < 1.29 is 0 Å². The second kappa shape index (κ2) is 10.5. The molecule has 0 unspecified atom stereocenters. The van der Waals surface area contributed by atoms with E-state index in [1.807, 2.05) is 0 Å². The van der Waals surface area contributed by atoms with Crippen LogP contribution in [-0.2, 0) is 0 Å². The monoisotopic (exact) mass is 589 g/mol. The second-order valence-corrected chi connectivity index (χ2v) is 11.9. The molecule has 0 aliphatic rings. The predicted octanol–water partition coefficient (Wildman–Crippen LogP) is 11.7. The van der Waals surface area contributed by atoms with Crippen molar-refractivity contribution in [1.29, 1.82) is 0 Å². The first-order chi connectivity index (χ1) is 22.7. The molecule has 0 N–H and O–H groups in total. The molecule has 9 rings (SSSR count). The lowest BCUT2D eigenvalue weighted by molar-refractivity contribution is 1.17. The molecule has 3 nitrogen and oxygen atoms in total. The summed E-state index contributed by atoms with van der Waals surface area (Å²) >= 11 is 0. The zero-order chi connectivity index (χ0) is 30.6. The third-order valence-corrected chi connectivity index (χ3v) is 9.18. The molecule has 0 fully saturated rings. The van der Waals surface area contributed by atoms with E-state index in [-0.39, 0.29) is 0 Å². The summed E-state index contributed by atoms with van der Waals surface area (Å²) in [6.45, 7) is 2.13. The highest BCUT2D eigenvalue weighted by molar-refractivity contribution is 6.10. The maximum atomic E-state index is 2.37. The molecule has 0 bridgehead atoms. The Morgan fingerprint density at radius 2 is 0.609 bits per heavy atom. The zero-order valence-corrected chi connectivity index (χ0v) is 25.5. The Morgan fingerprint density at radius 3 is 0.935 bits per heavy atom. The van der Waals surface area contributed by atoms with Crippen molar-refractivity contribution in [2.75, 3.05) is 4.90 Å². The van der Waals surface area contributed by atoms with Crippen LogP contribution in [0.15, 0.2) is 170 Å². The third-order valence-electron chi connectivity index (χ3n) is 9.18. The molecule has 0 atom stereocenters. The number of nitrogens with zero attached hydrogens (tertiary/aromatic N) is 3. The van der Waals surface area contributed by atoms with Crippen molar-refractivity contribution in [3.05, 3.63) is 175 Å². The maximum Gasteiger partial charge on any atom is 0.0541 e. The van der Waals surface area contributed by atoms with Gasteiger partial charge in [0.1, 0.15) is 0 Å². The van der Waals surface area contributed by atoms with Gasteiger partial charge in [-0.25, -0.2) is 0 Å². The molecule has 9 aromatic rings. The van der Waals surface area contributed by atoms with Gasteiger partial charge in [0.15, 0.2) is 0 Å². The van der Waals surface area contributed by atoms with Gasteiger partial charge in [-0.1, -0.05) is 90.5 Å². The van der Waals surface area contributed by atoms with Crippen molar-refractivity contribution in [1.82, 2.24) is 9.13 Å². The fraction of sp³-hybridized carbons (Fsp3) is 0.0233. The number of aryl methyl sites for hydroxylation is 1. The fourth-order valence-electron chi connectivity index (χ4n) is 7.04. The summed E-state index contributed by atoms with van der Waals surface area (Å²) < 4.78 is 4.73. The van der Waals surface area contributed by atoms with Crippen LogP contribution < -0.4 is 4.90 Å². The van der Waals surface area contributed by atoms with Crippen LogP contribution in [0.4, 0.5) is 17.1 Å². The van der Waals surface area contributed by atoms with Crippen LogP contribution in [0.2, 0.25) is 0 Å². The molecule has 2 aromatic heterocycles. The van der Waals surface area contributed by atoms with Crippen LogP contribution in [0, 0.1) is 6.92 Å². The standard InChI is InChI=1S/C43H31N3/c1-30-18-20-31(21-19-30)44(32-22-26-34(27-23-32)45-40-14-6-2-10-36(40)37-11-3-7-15-41(37)45)33-24-28-35(29-25-33)46-42-16-8-4-12-38(42)39-13-5-9-17-43(39)46/h2-29H,1H3. The van der Waals surface area contributed by atoms with E-state index in [9.17, 15) is 0 Å². The van der Waals surface area contributed by atoms with E-state index >= 15 is 0 Å². The predicted molar refractivity (Wildman–Crippen MR) is 195 cm³/mol. The Balaban J connectivity index is 1.16. The van der Waals surface area contributed by atoms with Crippen LogP contribution in [0.5, 0.6) is 0 Å². The van der Waals surface area contributed by atoms with Gasteiger partial charge in [0.2, 0.25) is 0 Å². The zero-order valence-electron chi connectivity index (χ0n) is 25.5. The van der Waals surface area contributed by atoms with Crippen molar-refractivity contribution in [3.63, 3.8) is 0 Å². The molecule has 7 aromatic carbocycles. The van der Waals surface area contributed by atoms with E-state index in [1.165, 1.54) is 49.2 Å². The first-order valence-corrected chi connectivity index (χ1v) is 15.8. The molecule has 218 valence electrons. The summed E-state index contributed by atoms with van der Waals surface area (Å²) in [4.78, 5) is 2.34. The minimum Gasteiger partial charge on any atom is -0.311 e. The average Bonchev–Trinajstić information content (AvgIpc) is 3.63. The lowest BCUT2D eigenvalue weighted by Gasteiger charge is -2.26. The normalized spacial score (nSPS) is 11.6. The molecule has 0 aliphatic carbocycles.